The molecule has 1 heterocycles. The van der Waals surface area contributed by atoms with Crippen LogP contribution in [-0.2, 0) is 24.2 Å². The lowest BCUT2D eigenvalue weighted by atomic mass is 9.98. The quantitative estimate of drug-likeness (QED) is 0.277. The zero-order chi connectivity index (χ0) is 23.4. The third-order valence-electron chi connectivity index (χ3n) is 5.36. The summed E-state index contributed by atoms with van der Waals surface area (Å²) in [7, 11) is 1.63. The number of alkyl halides is 2. The number of hydrogen-bond acceptors (Lipinski definition) is 3. The fraction of sp³-hybridized carbons (Fsp3) is 0.192. The minimum atomic E-state index is -3.09. The Morgan fingerprint density at radius 2 is 1.73 bits per heavy atom. The highest BCUT2D eigenvalue weighted by Gasteiger charge is 2.12. The predicted octanol–water partition coefficient (Wildman–Crippen LogP) is 6.71. The van der Waals surface area contributed by atoms with Crippen molar-refractivity contribution in [2.45, 2.75) is 26.1 Å². The number of pyridine rings is 1. The summed E-state index contributed by atoms with van der Waals surface area (Å²) in [6.07, 6.45) is 2.40. The van der Waals surface area contributed by atoms with Crippen molar-refractivity contribution in [3.63, 3.8) is 0 Å². The highest BCUT2D eigenvalue weighted by atomic mass is 19.3. The number of benzene rings is 3. The molecule has 0 saturated carbocycles. The van der Waals surface area contributed by atoms with E-state index in [-0.39, 0.29) is 5.82 Å². The Balaban J connectivity index is 1.53. The predicted molar refractivity (Wildman–Crippen MR) is 118 cm³/mol. The minimum Gasteiger partial charge on any atom is -0.432 e. The van der Waals surface area contributed by atoms with Crippen molar-refractivity contribution in [3.05, 3.63) is 95.2 Å². The van der Waals surface area contributed by atoms with Gasteiger partial charge < -0.3 is 9.47 Å². The fourth-order valence-corrected chi connectivity index (χ4v) is 3.75. The Morgan fingerprint density at radius 3 is 2.48 bits per heavy atom. The summed E-state index contributed by atoms with van der Waals surface area (Å²) in [5, 5.41) is 1.23. The fourth-order valence-electron chi connectivity index (χ4n) is 3.75. The zero-order valence-corrected chi connectivity index (χ0v) is 17.8. The normalized spacial score (nSPS) is 11.3. The van der Waals surface area contributed by atoms with Gasteiger partial charge in [0.05, 0.1) is 12.3 Å². The Bertz CT molecular complexity index is 1280. The van der Waals surface area contributed by atoms with Crippen molar-refractivity contribution >= 4 is 10.8 Å². The lowest BCUT2D eigenvalue weighted by Gasteiger charge is -2.10. The molecule has 0 spiro atoms. The van der Waals surface area contributed by atoms with Gasteiger partial charge in [0.2, 0.25) is 0 Å². The van der Waals surface area contributed by atoms with E-state index in [0.29, 0.717) is 36.0 Å². The molecule has 1 aromatic heterocycles. The molecule has 0 atom stereocenters. The van der Waals surface area contributed by atoms with Gasteiger partial charge in [0.1, 0.15) is 5.82 Å². The van der Waals surface area contributed by atoms with E-state index in [1.54, 1.807) is 25.4 Å². The zero-order valence-electron chi connectivity index (χ0n) is 17.8. The van der Waals surface area contributed by atoms with E-state index in [1.807, 2.05) is 30.3 Å². The first-order valence-electron chi connectivity index (χ1n) is 10.3. The van der Waals surface area contributed by atoms with Crippen LogP contribution in [0.2, 0.25) is 0 Å². The molecule has 3 nitrogen and oxygen atoms in total. The van der Waals surface area contributed by atoms with E-state index >= 15 is 4.39 Å². The average Bonchev–Trinajstić information content (AvgIpc) is 2.80. The molecule has 4 rings (SSSR count). The molecular weight excluding hydrogens is 434 g/mol. The van der Waals surface area contributed by atoms with Gasteiger partial charge in [-0.2, -0.15) is 8.78 Å². The van der Waals surface area contributed by atoms with Crippen LogP contribution in [-0.4, -0.2) is 18.7 Å². The van der Waals surface area contributed by atoms with E-state index in [1.165, 1.54) is 6.07 Å². The molecule has 0 N–H and O–H groups in total. The first kappa shape index (κ1) is 22.7. The van der Waals surface area contributed by atoms with Gasteiger partial charge in [-0.3, -0.25) is 4.98 Å². The van der Waals surface area contributed by atoms with Gasteiger partial charge in [-0.05, 0) is 65.3 Å². The lowest BCUT2D eigenvalue weighted by Crippen LogP contribution is -2.04. The van der Waals surface area contributed by atoms with Gasteiger partial charge >= 0.3 is 6.61 Å². The average molecular weight is 455 g/mol. The van der Waals surface area contributed by atoms with Gasteiger partial charge in [0.15, 0.2) is 11.6 Å². The second kappa shape index (κ2) is 10.0. The van der Waals surface area contributed by atoms with Crippen LogP contribution < -0.4 is 4.74 Å². The van der Waals surface area contributed by atoms with Crippen molar-refractivity contribution in [1.29, 1.82) is 0 Å². The standard InChI is InChI=1S/C26H21F4NO2/c1-32-15-17-10-11-31-23(13-17)20-7-8-21-19(14-20)6-5-18(25(21)28)4-2-16-3-9-24(22(27)12-16)33-26(29)30/h3,5-14,26H,2,4,15H2,1H3. The van der Waals surface area contributed by atoms with Gasteiger partial charge in [-0.1, -0.05) is 30.3 Å². The highest BCUT2D eigenvalue weighted by molar-refractivity contribution is 5.88. The third kappa shape index (κ3) is 5.31. The molecule has 0 aliphatic heterocycles. The summed E-state index contributed by atoms with van der Waals surface area (Å²) in [5.41, 5.74) is 3.69. The molecule has 33 heavy (non-hydrogen) atoms. The molecule has 170 valence electrons. The summed E-state index contributed by atoms with van der Waals surface area (Å²) < 4.78 is 62.9. The van der Waals surface area contributed by atoms with Crippen molar-refractivity contribution in [2.75, 3.05) is 7.11 Å². The summed E-state index contributed by atoms with van der Waals surface area (Å²) in [6, 6.07) is 16.6. The molecule has 0 aliphatic rings. The van der Waals surface area contributed by atoms with E-state index in [9.17, 15) is 13.2 Å². The molecule has 0 radical (unpaired) electrons. The maximum absolute atomic E-state index is 15.1. The smallest absolute Gasteiger partial charge is 0.387 e. The first-order valence-corrected chi connectivity index (χ1v) is 10.3. The van der Waals surface area contributed by atoms with Crippen LogP contribution in [0.1, 0.15) is 16.7 Å². The van der Waals surface area contributed by atoms with Gasteiger partial charge in [-0.25, -0.2) is 8.78 Å². The molecule has 0 saturated heterocycles. The first-order chi connectivity index (χ1) is 15.9. The van der Waals surface area contributed by atoms with Crippen LogP contribution in [0.5, 0.6) is 5.75 Å². The Kier molecular flexibility index (Phi) is 6.89. The molecule has 7 heteroatoms. The SMILES string of the molecule is COCc1ccnc(-c2ccc3c(F)c(CCc4ccc(OC(F)F)c(F)c4)ccc3c2)c1. The maximum Gasteiger partial charge on any atom is 0.387 e. The Hall–Kier alpha value is -3.45. The molecule has 0 aliphatic carbocycles. The van der Waals surface area contributed by atoms with E-state index in [4.69, 9.17) is 4.74 Å². The van der Waals surface area contributed by atoms with Crippen LogP contribution in [0.3, 0.4) is 0 Å². The summed E-state index contributed by atoms with van der Waals surface area (Å²) in [4.78, 5) is 4.40. The van der Waals surface area contributed by atoms with Crippen LogP contribution in [0.15, 0.2) is 66.9 Å². The number of aryl methyl sites for hydroxylation is 2. The molecule has 4 aromatic rings. The summed E-state index contributed by atoms with van der Waals surface area (Å²) in [6.45, 7) is -2.62. The third-order valence-corrected chi connectivity index (χ3v) is 5.36. The van der Waals surface area contributed by atoms with Crippen molar-refractivity contribution < 1.29 is 27.0 Å². The number of fused-ring (bicyclic) bond motifs is 1. The number of ether oxygens (including phenoxy) is 2. The van der Waals surface area contributed by atoms with Crippen LogP contribution >= 0.6 is 0 Å². The van der Waals surface area contributed by atoms with Gasteiger partial charge in [-0.15, -0.1) is 0 Å². The number of halogens is 4. The van der Waals surface area contributed by atoms with Gasteiger partial charge in [0, 0.05) is 24.3 Å². The van der Waals surface area contributed by atoms with E-state index in [0.717, 1.165) is 34.3 Å². The Morgan fingerprint density at radius 1 is 0.879 bits per heavy atom. The number of methoxy groups -OCH3 is 1. The number of hydrogen-bond donors (Lipinski definition) is 0. The molecule has 0 fully saturated rings. The van der Waals surface area contributed by atoms with Crippen LogP contribution in [0, 0.1) is 11.6 Å². The van der Waals surface area contributed by atoms with E-state index < -0.39 is 18.2 Å². The topological polar surface area (TPSA) is 31.4 Å². The maximum atomic E-state index is 15.1. The lowest BCUT2D eigenvalue weighted by molar-refractivity contribution is -0.0522. The number of aromatic nitrogens is 1. The van der Waals surface area contributed by atoms with Gasteiger partial charge in [0.25, 0.3) is 0 Å². The van der Waals surface area contributed by atoms with Crippen molar-refractivity contribution in [2.24, 2.45) is 0 Å². The number of nitrogens with zero attached hydrogens (tertiary/aromatic N) is 1. The van der Waals surface area contributed by atoms with Crippen molar-refractivity contribution in [3.8, 4) is 17.0 Å². The molecule has 3 aromatic carbocycles. The summed E-state index contributed by atoms with van der Waals surface area (Å²) in [5.74, 6) is -1.72. The highest BCUT2D eigenvalue weighted by Crippen LogP contribution is 2.28. The summed E-state index contributed by atoms with van der Waals surface area (Å²) >= 11 is 0. The second-order valence-electron chi connectivity index (χ2n) is 7.60. The van der Waals surface area contributed by atoms with E-state index in [2.05, 4.69) is 9.72 Å². The largest absolute Gasteiger partial charge is 0.432 e. The second-order valence-corrected chi connectivity index (χ2v) is 7.60. The van der Waals surface area contributed by atoms with Crippen molar-refractivity contribution in [1.82, 2.24) is 4.98 Å². The monoisotopic (exact) mass is 455 g/mol. The Labute approximate surface area is 188 Å². The van der Waals surface area contributed by atoms with Crippen LogP contribution in [0.25, 0.3) is 22.0 Å². The molecule has 0 amide bonds. The number of rotatable bonds is 8. The molecule has 0 bridgehead atoms. The molecule has 0 unspecified atom stereocenters. The van der Waals surface area contributed by atoms with Crippen LogP contribution in [0.4, 0.5) is 17.6 Å². The molecular formula is C26H21F4NO2. The minimum absolute atomic E-state index is 0.332.